The monoisotopic (exact) mass is 279 g/mol. The van der Waals surface area contributed by atoms with Crippen molar-refractivity contribution in [2.24, 2.45) is 0 Å². The minimum absolute atomic E-state index is 0.208. The molecule has 1 amide bonds. The molecule has 1 aromatic rings. The van der Waals surface area contributed by atoms with Gasteiger partial charge in [-0.2, -0.15) is 0 Å². The van der Waals surface area contributed by atoms with Crippen LogP contribution in [0.3, 0.4) is 0 Å². The highest BCUT2D eigenvalue weighted by molar-refractivity contribution is 5.91. The summed E-state index contributed by atoms with van der Waals surface area (Å²) in [6, 6.07) is 3.28. The smallest absolute Gasteiger partial charge is 0.308 e. The Morgan fingerprint density at radius 3 is 2.10 bits per heavy atom. The number of nitrogens with one attached hydrogen (secondary N) is 1. The fourth-order valence-corrected chi connectivity index (χ4v) is 1.50. The van der Waals surface area contributed by atoms with Crippen LogP contribution in [0.15, 0.2) is 18.2 Å². The number of ether oxygens (including phenoxy) is 3. The van der Waals surface area contributed by atoms with Crippen LogP contribution >= 0.6 is 0 Å². The summed E-state index contributed by atoms with van der Waals surface area (Å²) in [6.45, 7) is 1.29. The number of esters is 1. The second-order valence-corrected chi connectivity index (χ2v) is 3.80. The van der Waals surface area contributed by atoms with Crippen molar-refractivity contribution in [1.29, 1.82) is 0 Å². The maximum atomic E-state index is 11.2. The number of carbonyl (C=O) groups excluding carboxylic acids is 2. The van der Waals surface area contributed by atoms with Crippen molar-refractivity contribution < 1.29 is 23.8 Å². The lowest BCUT2D eigenvalue weighted by Gasteiger charge is -2.13. The molecule has 0 saturated carbocycles. The van der Waals surface area contributed by atoms with Gasteiger partial charge in [-0.3, -0.25) is 9.59 Å². The summed E-state index contributed by atoms with van der Waals surface area (Å²) in [5, 5.41) is 2.47. The summed E-state index contributed by atoms with van der Waals surface area (Å²) in [5.41, 5.74) is 0.679. The fourth-order valence-electron chi connectivity index (χ4n) is 1.50. The van der Waals surface area contributed by atoms with E-state index in [1.807, 2.05) is 0 Å². The van der Waals surface area contributed by atoms with Crippen LogP contribution < -0.4 is 19.5 Å². The van der Waals surface area contributed by atoms with E-state index >= 15 is 0 Å². The highest BCUT2D eigenvalue weighted by Gasteiger charge is 2.15. The maximum absolute atomic E-state index is 11.2. The van der Waals surface area contributed by atoms with Crippen LogP contribution in [-0.2, 0) is 9.59 Å². The van der Waals surface area contributed by atoms with E-state index in [9.17, 15) is 9.59 Å². The van der Waals surface area contributed by atoms with E-state index in [1.165, 1.54) is 34.3 Å². The average molecular weight is 279 g/mol. The third-order valence-corrected chi connectivity index (χ3v) is 2.40. The summed E-state index contributed by atoms with van der Waals surface area (Å²) in [5.74, 6) is 0.189. The van der Waals surface area contributed by atoms with Crippen molar-refractivity contribution in [3.8, 4) is 17.2 Å². The van der Waals surface area contributed by atoms with Gasteiger partial charge in [-0.1, -0.05) is 0 Å². The Morgan fingerprint density at radius 2 is 1.70 bits per heavy atom. The highest BCUT2D eigenvalue weighted by atomic mass is 16.6. The first-order valence-electron chi connectivity index (χ1n) is 5.86. The molecule has 0 aliphatic rings. The zero-order valence-corrected chi connectivity index (χ0v) is 11.9. The first-order chi connectivity index (χ1) is 9.51. The maximum Gasteiger partial charge on any atom is 0.308 e. The van der Waals surface area contributed by atoms with Crippen molar-refractivity contribution >= 4 is 18.0 Å². The highest BCUT2D eigenvalue weighted by Crippen LogP contribution is 2.38. The molecule has 1 aromatic carbocycles. The van der Waals surface area contributed by atoms with Crippen LogP contribution in [0.4, 0.5) is 0 Å². The van der Waals surface area contributed by atoms with Crippen molar-refractivity contribution in [3.05, 3.63) is 23.8 Å². The lowest BCUT2D eigenvalue weighted by molar-refractivity contribution is -0.132. The van der Waals surface area contributed by atoms with E-state index in [1.54, 1.807) is 18.2 Å². The molecule has 0 aliphatic carbocycles. The number of carbonyl (C=O) groups is 2. The molecule has 0 aromatic heterocycles. The van der Waals surface area contributed by atoms with E-state index in [4.69, 9.17) is 14.2 Å². The largest absolute Gasteiger partial charge is 0.493 e. The molecule has 108 valence electrons. The molecule has 0 fully saturated rings. The lowest BCUT2D eigenvalue weighted by atomic mass is 10.1. The normalized spacial score (nSPS) is 10.2. The first-order valence-corrected chi connectivity index (χ1v) is 5.86. The zero-order valence-electron chi connectivity index (χ0n) is 11.9. The van der Waals surface area contributed by atoms with E-state index in [0.717, 1.165) is 0 Å². The van der Waals surface area contributed by atoms with E-state index < -0.39 is 5.97 Å². The van der Waals surface area contributed by atoms with Gasteiger partial charge < -0.3 is 19.5 Å². The van der Waals surface area contributed by atoms with Crippen LogP contribution in [0.5, 0.6) is 17.2 Å². The molecule has 0 heterocycles. The number of rotatable bonds is 5. The molecule has 0 aliphatic heterocycles. The molecule has 1 N–H and O–H groups in total. The SMILES string of the molecule is CNC(=O)/C=C/c1cc(OC)c(OC(C)=O)c(OC)c1. The van der Waals surface area contributed by atoms with Gasteiger partial charge in [-0.05, 0) is 23.8 Å². The summed E-state index contributed by atoms with van der Waals surface area (Å²) >= 11 is 0. The Balaban J connectivity index is 3.21. The second kappa shape index (κ2) is 7.18. The van der Waals surface area contributed by atoms with Crippen LogP contribution in [0.25, 0.3) is 6.08 Å². The molecule has 1 rings (SSSR count). The fraction of sp³-hybridized carbons (Fsp3) is 0.286. The first kappa shape index (κ1) is 15.6. The number of methoxy groups -OCH3 is 2. The van der Waals surface area contributed by atoms with E-state index in [2.05, 4.69) is 5.32 Å². The van der Waals surface area contributed by atoms with Gasteiger partial charge in [-0.15, -0.1) is 0 Å². The van der Waals surface area contributed by atoms with Gasteiger partial charge in [0.2, 0.25) is 11.7 Å². The van der Waals surface area contributed by atoms with Crippen molar-refractivity contribution in [3.63, 3.8) is 0 Å². The van der Waals surface area contributed by atoms with E-state index in [-0.39, 0.29) is 11.7 Å². The summed E-state index contributed by atoms with van der Waals surface area (Å²) in [4.78, 5) is 22.3. The molecule has 0 atom stereocenters. The molecule has 20 heavy (non-hydrogen) atoms. The van der Waals surface area contributed by atoms with Gasteiger partial charge in [0.15, 0.2) is 11.5 Å². The Morgan fingerprint density at radius 1 is 1.15 bits per heavy atom. The second-order valence-electron chi connectivity index (χ2n) is 3.80. The van der Waals surface area contributed by atoms with E-state index in [0.29, 0.717) is 17.1 Å². The Labute approximate surface area is 117 Å². The minimum atomic E-state index is -0.477. The van der Waals surface area contributed by atoms with Gasteiger partial charge >= 0.3 is 5.97 Å². The standard InChI is InChI=1S/C14H17NO5/c1-9(16)20-14-11(18-3)7-10(8-12(14)19-4)5-6-13(17)15-2/h5-8H,1-4H3,(H,15,17)/b6-5+. The molecule has 0 saturated heterocycles. The van der Waals surface area contributed by atoms with Crippen molar-refractivity contribution in [2.75, 3.05) is 21.3 Å². The van der Waals surface area contributed by atoms with Crippen LogP contribution in [0.1, 0.15) is 12.5 Å². The summed E-state index contributed by atoms with van der Waals surface area (Å²) in [6.07, 6.45) is 2.97. The Bertz CT molecular complexity index is 511. The number of benzene rings is 1. The Kier molecular flexibility index (Phi) is 5.58. The third-order valence-electron chi connectivity index (χ3n) is 2.40. The molecule has 6 heteroatoms. The Hall–Kier alpha value is -2.50. The molecule has 0 unspecified atom stereocenters. The van der Waals surface area contributed by atoms with Gasteiger partial charge in [0.1, 0.15) is 0 Å². The third kappa shape index (κ3) is 4.01. The topological polar surface area (TPSA) is 73.9 Å². The predicted molar refractivity (Wildman–Crippen MR) is 74.0 cm³/mol. The summed E-state index contributed by atoms with van der Waals surface area (Å²) < 4.78 is 15.4. The number of amides is 1. The van der Waals surface area contributed by atoms with Gasteiger partial charge in [0, 0.05) is 20.0 Å². The number of likely N-dealkylation sites (N-methyl/N-ethyl adjacent to an activating group) is 1. The molecule has 6 nitrogen and oxygen atoms in total. The molecular formula is C14H17NO5. The van der Waals surface area contributed by atoms with Crippen molar-refractivity contribution in [2.45, 2.75) is 6.92 Å². The lowest BCUT2D eigenvalue weighted by Crippen LogP contribution is -2.13. The van der Waals surface area contributed by atoms with Crippen molar-refractivity contribution in [1.82, 2.24) is 5.32 Å². The van der Waals surface area contributed by atoms with Crippen LogP contribution in [-0.4, -0.2) is 33.1 Å². The van der Waals surface area contributed by atoms with Crippen LogP contribution in [0.2, 0.25) is 0 Å². The van der Waals surface area contributed by atoms with Gasteiger partial charge in [0.05, 0.1) is 14.2 Å². The van der Waals surface area contributed by atoms with Crippen LogP contribution in [0, 0.1) is 0 Å². The zero-order chi connectivity index (χ0) is 15.1. The molecular weight excluding hydrogens is 262 g/mol. The molecule has 0 radical (unpaired) electrons. The summed E-state index contributed by atoms with van der Waals surface area (Å²) in [7, 11) is 4.44. The quantitative estimate of drug-likeness (QED) is 0.501. The minimum Gasteiger partial charge on any atom is -0.493 e. The predicted octanol–water partition coefficient (Wildman–Crippen LogP) is 1.39. The number of hydrogen-bond acceptors (Lipinski definition) is 5. The molecule has 0 spiro atoms. The number of hydrogen-bond donors (Lipinski definition) is 1. The molecule has 0 bridgehead atoms. The van der Waals surface area contributed by atoms with Gasteiger partial charge in [0.25, 0.3) is 0 Å². The average Bonchev–Trinajstić information content (AvgIpc) is 2.44. The van der Waals surface area contributed by atoms with Gasteiger partial charge in [-0.25, -0.2) is 0 Å².